The topological polar surface area (TPSA) is 686 Å². The van der Waals surface area contributed by atoms with Gasteiger partial charge in [0.1, 0.15) is 41.7 Å². The minimum atomic E-state index is -5.32. The normalized spacial score (nSPS) is 27.4. The summed E-state index contributed by atoms with van der Waals surface area (Å²) in [5, 5.41) is 115. The van der Waals surface area contributed by atoms with Gasteiger partial charge in [0.2, 0.25) is 41.4 Å². The molecule has 7 amide bonds. The van der Waals surface area contributed by atoms with Crippen LogP contribution in [0.5, 0.6) is 51.7 Å². The van der Waals surface area contributed by atoms with Crippen LogP contribution in [-0.4, -0.2) is 180 Å². The summed E-state index contributed by atoms with van der Waals surface area (Å²) in [6.07, 6.45) is -7.28. The fraction of sp³-hybridized carbons (Fsp3) is 0.494. The fourth-order valence-electron chi connectivity index (χ4n) is 18.9. The van der Waals surface area contributed by atoms with Gasteiger partial charge in [-0.2, -0.15) is 5.70 Å². The number of aliphatic hydroxyl groups excluding tert-OH is 2. The number of hydrogen-bond acceptors (Lipinski definition) is 30. The van der Waals surface area contributed by atoms with Crippen LogP contribution in [0.25, 0.3) is 16.4 Å². The van der Waals surface area contributed by atoms with E-state index < -0.39 is 196 Å². The summed E-state index contributed by atoms with van der Waals surface area (Å²) in [5.41, 5.74) is 36.6. The molecule has 0 saturated carbocycles. The second-order valence-corrected chi connectivity index (χ2v) is 35.7. The van der Waals surface area contributed by atoms with Gasteiger partial charge in [-0.1, -0.05) is 40.7 Å². The van der Waals surface area contributed by atoms with Crippen molar-refractivity contribution in [3.8, 4) is 51.7 Å². The molecule has 126 heavy (non-hydrogen) atoms. The van der Waals surface area contributed by atoms with E-state index in [1.165, 1.54) is 23.9 Å². The Morgan fingerprint density at radius 1 is 0.714 bits per heavy atom. The van der Waals surface area contributed by atoms with Crippen LogP contribution in [0.4, 0.5) is 0 Å². The number of carbonyl (C=O) groups is 8. The number of aryl methyl sites for hydroxylation is 2. The van der Waals surface area contributed by atoms with Gasteiger partial charge in [-0.25, -0.2) is 9.78 Å². The Kier molecular flexibility index (Phi) is 29.5. The number of esters is 1. The summed E-state index contributed by atoms with van der Waals surface area (Å²) >= 11 is 0. The maximum Gasteiger partial charge on any atom is 3.00 e. The molecule has 680 valence electrons. The average Bonchev–Trinajstić information content (AvgIpc) is 1.52. The van der Waals surface area contributed by atoms with Gasteiger partial charge in [0.25, 0.3) is 7.82 Å². The number of nitrogens with zero attached hydrogens (tertiary/aromatic N) is 7. The number of phenols is 8. The third-order valence-electron chi connectivity index (χ3n) is 25.6. The minimum absolute atomic E-state index is 0. The van der Waals surface area contributed by atoms with Crippen LogP contribution in [0.1, 0.15) is 178 Å². The zero-order valence-corrected chi connectivity index (χ0v) is 73.0. The molecule has 1 unspecified atom stereocenters. The third kappa shape index (κ3) is 19.5. The van der Waals surface area contributed by atoms with Crippen molar-refractivity contribution in [1.29, 1.82) is 5.26 Å². The molecule has 7 aliphatic heterocycles. The number of allylic oxidation sites excluding steroid dienone is 6. The molecule has 23 N–H and O–H groups in total. The predicted octanol–water partition coefficient (Wildman–Crippen LogP) is 5.64. The van der Waals surface area contributed by atoms with Crippen molar-refractivity contribution in [1.82, 2.24) is 14.9 Å². The van der Waals surface area contributed by atoms with Gasteiger partial charge < -0.3 is 141 Å². The van der Waals surface area contributed by atoms with Gasteiger partial charge in [-0.05, 0) is 143 Å². The standard InChI is InChI=1S/C62H90N13O14P.C22H18O11.CN.Co/c1-29-20-39-40(21-30(29)2)75(28-70-39)57-52(84)53(41(27-76)87-57)89-90(85,86)88-31(3)26-69-49(83)18-19-59(8)37(22-46(66)80)56-62(11)61(10,25-48(68)82)36(14-17-45(65)79)51(74-62)33(5)55-60(9,24-47(67)81)34(12-15-43(63)77)38(71-55)23-42-58(6,7)35(13-16-44(64)78)50(72-42)32(4)54(59)73-56;23-10-5-12(24)11-7-18(33-22(31)9-3-15(27)20(30)16(28)4-9)21(32-17(11)6-10)8-1-13(25)19(29)14(26)2-8;1-2;/h20-21,23,28,31,34-37,41,52-53,56-57,76,84H,12-19,22,24-27H2,1-11H3,(H15,63,64,65,66,67,68,69,71,72,73,74,77,78,79,80,81,82,83,85,86);1-6,18,21,23-30H,7H2;;/q;;-1;+3/p-2/t31-,34-,35-,36-,37+,41-,52-,53-,56-,57+,59-,60+,61+,62+;18-,21-;;/m11../s1. The fourth-order valence-corrected chi connectivity index (χ4v) is 20.0. The van der Waals surface area contributed by atoms with Crippen molar-refractivity contribution < 1.29 is 139 Å². The molecule has 12 rings (SSSR count). The molecule has 4 aromatic carbocycles. The van der Waals surface area contributed by atoms with Crippen LogP contribution in [-0.2, 0) is 79.8 Å². The van der Waals surface area contributed by atoms with Gasteiger partial charge in [0.15, 0.2) is 46.8 Å². The number of aromatic nitrogens is 2. The number of amides is 7. The molecule has 2 saturated heterocycles. The summed E-state index contributed by atoms with van der Waals surface area (Å²) in [6, 6.07) is 8.84. The van der Waals surface area contributed by atoms with Gasteiger partial charge in [0.05, 0.1) is 46.9 Å². The predicted molar refractivity (Wildman–Crippen MR) is 445 cm³/mol. The first kappa shape index (κ1) is 98.1. The minimum Gasteiger partial charge on any atom is -0.756 e. The zero-order chi connectivity index (χ0) is 92.7. The monoisotopic (exact) mass is 1810 g/mol. The van der Waals surface area contributed by atoms with E-state index in [0.29, 0.717) is 56.4 Å². The summed E-state index contributed by atoms with van der Waals surface area (Å²) in [5.74, 6) is -13.5. The van der Waals surface area contributed by atoms with Crippen LogP contribution in [0.15, 0.2) is 104 Å². The van der Waals surface area contributed by atoms with Crippen molar-refractivity contribution in [2.45, 2.75) is 208 Å². The first-order valence-corrected chi connectivity index (χ1v) is 41.6. The van der Waals surface area contributed by atoms with Crippen LogP contribution in [0.3, 0.4) is 0 Å². The van der Waals surface area contributed by atoms with Crippen LogP contribution in [0.2, 0.25) is 0 Å². The molecule has 8 bridgehead atoms. The molecule has 39 nitrogen and oxygen atoms in total. The van der Waals surface area contributed by atoms with E-state index in [9.17, 15) is 98.9 Å². The number of ether oxygens (including phenoxy) is 3. The van der Waals surface area contributed by atoms with Gasteiger partial charge in [0, 0.05) is 138 Å². The SMILES string of the molecule is CC1=C2[N-][C@H]([C@H](CC(N)=O)[C@@]2(C)CCC(=O)NC[C@@H](C)OP(=O)([O-])O[C@H]2[C@@H](O)[C@@H](n3cnc4cc(C)c(C)cc43)O[C@@H]2CO)[C@]2(C)N=C(C(C)=C3N=C(C=C4N=C1[C@@H](CCC(N)=O)C4(C)C)[C@@H](CCC(N)=O)[C@]3(C)CC(N)=O)[C@@H](CCC(N)=O)[C@]2(C)CC(N)=O.O=C(O[C@@H]1Cc2c(O)cc(O)cc2O[C@@H]1c1cc(O)c(O)c(O)c1)c1cc(O)c(O)c(O)c1.[C-]#N.[Co+3]. The van der Waals surface area contributed by atoms with E-state index in [4.69, 9.17) is 89.8 Å². The van der Waals surface area contributed by atoms with Crippen molar-refractivity contribution >= 4 is 83.3 Å². The first-order chi connectivity index (χ1) is 58.4. The maximum absolute atomic E-state index is 14.4. The van der Waals surface area contributed by atoms with Crippen molar-refractivity contribution in [3.05, 3.63) is 129 Å². The Morgan fingerprint density at radius 2 is 1.29 bits per heavy atom. The molecule has 7 aliphatic rings. The molecule has 2 fully saturated rings. The molecule has 5 aromatic rings. The summed E-state index contributed by atoms with van der Waals surface area (Å²) in [6.45, 7) is 23.7. The third-order valence-corrected chi connectivity index (χ3v) is 26.8. The molecule has 0 spiro atoms. The molecular formula is C85H106CoN14O25P. The Balaban J connectivity index is 0.000000414. The van der Waals surface area contributed by atoms with E-state index in [1.54, 1.807) is 6.92 Å². The number of nitrogens with two attached hydrogens (primary N) is 6. The smallest absolute Gasteiger partial charge is 0.756 e. The van der Waals surface area contributed by atoms with Crippen molar-refractivity contribution in [3.63, 3.8) is 0 Å². The average molecular weight is 1810 g/mol. The number of carbonyl (C=O) groups excluding carboxylic acids is 8. The molecule has 8 heterocycles. The number of phosphoric ester groups is 1. The van der Waals surface area contributed by atoms with E-state index in [2.05, 4.69) is 10.3 Å². The van der Waals surface area contributed by atoms with Crippen LogP contribution >= 0.6 is 7.82 Å². The maximum atomic E-state index is 14.4. The number of aliphatic hydroxyl groups is 2. The number of fused-ring (bicyclic) bond motifs is 8. The van der Waals surface area contributed by atoms with Gasteiger partial charge in [-0.15, -0.1) is 0 Å². The second kappa shape index (κ2) is 37.9. The number of primary amides is 6. The number of nitrogens with one attached hydrogen (secondary N) is 1. The van der Waals surface area contributed by atoms with E-state index in [0.717, 1.165) is 41.5 Å². The second-order valence-electron chi connectivity index (χ2n) is 34.4. The summed E-state index contributed by atoms with van der Waals surface area (Å²) < 4.78 is 43.2. The quantitative estimate of drug-likeness (QED) is 0.0119. The number of phosphoric acid groups is 1. The Bertz CT molecular complexity index is 5410. The number of rotatable bonds is 29. The number of benzene rings is 4. The summed E-state index contributed by atoms with van der Waals surface area (Å²) in [7, 11) is -5.32. The van der Waals surface area contributed by atoms with Crippen molar-refractivity contribution in [2.75, 3.05) is 13.2 Å². The molecular weight excluding hydrogens is 1710 g/mol. The van der Waals surface area contributed by atoms with Crippen LogP contribution < -0.4 is 49.3 Å². The van der Waals surface area contributed by atoms with Gasteiger partial charge >= 0.3 is 22.7 Å². The van der Waals surface area contributed by atoms with E-state index >= 15 is 0 Å². The molecule has 0 radical (unpaired) electrons. The molecule has 1 aromatic heterocycles. The number of aliphatic imine (C=N–C) groups is 3. The van der Waals surface area contributed by atoms with E-state index in [-0.39, 0.29) is 134 Å². The van der Waals surface area contributed by atoms with Crippen molar-refractivity contribution in [2.24, 2.45) is 94.7 Å². The zero-order valence-electron chi connectivity index (χ0n) is 71.1. The number of aromatic hydroxyl groups is 8. The van der Waals surface area contributed by atoms with Gasteiger partial charge in [-0.3, -0.25) is 53.1 Å². The number of imidazole rings is 1. The molecule has 17 atom stereocenters. The van der Waals surface area contributed by atoms with E-state index in [1.807, 2.05) is 80.5 Å². The Labute approximate surface area is 734 Å². The largest absolute Gasteiger partial charge is 3.00 e. The van der Waals surface area contributed by atoms with Crippen LogP contribution in [0, 0.1) is 71.0 Å². The molecule has 0 aliphatic carbocycles. The number of phenolic OH excluding ortho intramolecular Hbond substituents is 8. The summed E-state index contributed by atoms with van der Waals surface area (Å²) in [4.78, 5) is 141. The Hall–Kier alpha value is -11.7. The number of hydrogen-bond donors (Lipinski definition) is 17. The Morgan fingerprint density at radius 3 is 1.86 bits per heavy atom. The molecule has 41 heteroatoms. The first-order valence-electron chi connectivity index (χ1n) is 40.2.